The summed E-state index contributed by atoms with van der Waals surface area (Å²) in [6, 6.07) is 11.8. The third kappa shape index (κ3) is 4.00. The molecular weight excluding hydrogens is 400 g/mol. The SMILES string of the molecule is Cc1ncc(OC[C@@]2(c3ccccc3)C[C@H]2C(=O)Nc2cnc(Cl)c(C)c2)c(C)n1. The molecule has 0 aliphatic heterocycles. The lowest BCUT2D eigenvalue weighted by atomic mass is 9.93. The number of nitrogens with one attached hydrogen (secondary N) is 1. The molecule has 1 fully saturated rings. The van der Waals surface area contributed by atoms with E-state index in [1.807, 2.05) is 57.2 Å². The Bertz CT molecular complexity index is 1090. The molecule has 1 aliphatic carbocycles. The molecule has 6 nitrogen and oxygen atoms in total. The maximum atomic E-state index is 13.0. The molecule has 7 heteroatoms. The highest BCUT2D eigenvalue weighted by Gasteiger charge is 2.60. The number of ether oxygens (including phenoxy) is 1. The fraction of sp³-hybridized carbons (Fsp3) is 0.304. The van der Waals surface area contributed by atoms with Gasteiger partial charge in [-0.1, -0.05) is 41.9 Å². The van der Waals surface area contributed by atoms with E-state index in [-0.39, 0.29) is 11.8 Å². The molecule has 2 heterocycles. The van der Waals surface area contributed by atoms with Crippen molar-refractivity contribution in [2.45, 2.75) is 32.6 Å². The van der Waals surface area contributed by atoms with E-state index < -0.39 is 5.41 Å². The standard InChI is InChI=1S/C23H23ClN4O2/c1-14-9-18(11-26-21(14)24)28-22(29)19-10-23(19,17-7-5-4-6-8-17)13-30-20-12-25-16(3)27-15(20)2/h4-9,11-12,19H,10,13H2,1-3H3,(H,28,29)/t19-,23+/m0/s1. The number of amides is 1. The highest BCUT2D eigenvalue weighted by molar-refractivity contribution is 6.30. The van der Waals surface area contributed by atoms with Crippen LogP contribution in [0.3, 0.4) is 0 Å². The number of hydrogen-bond donors (Lipinski definition) is 1. The first-order valence-electron chi connectivity index (χ1n) is 9.80. The molecule has 0 spiro atoms. The predicted molar refractivity (Wildman–Crippen MR) is 116 cm³/mol. The molecule has 0 bridgehead atoms. The fourth-order valence-electron chi connectivity index (χ4n) is 3.76. The molecule has 1 N–H and O–H groups in total. The van der Waals surface area contributed by atoms with E-state index >= 15 is 0 Å². The van der Waals surface area contributed by atoms with Crippen molar-refractivity contribution in [2.24, 2.45) is 5.92 Å². The molecule has 1 saturated carbocycles. The Morgan fingerprint density at radius 2 is 1.97 bits per heavy atom. The average Bonchev–Trinajstić information content (AvgIpc) is 3.47. The number of rotatable bonds is 6. The van der Waals surface area contributed by atoms with Gasteiger partial charge in [0.15, 0.2) is 5.75 Å². The molecule has 1 aliphatic rings. The average molecular weight is 423 g/mol. The lowest BCUT2D eigenvalue weighted by molar-refractivity contribution is -0.117. The van der Waals surface area contributed by atoms with Gasteiger partial charge < -0.3 is 10.1 Å². The second-order valence-corrected chi connectivity index (χ2v) is 8.11. The van der Waals surface area contributed by atoms with E-state index in [9.17, 15) is 4.79 Å². The smallest absolute Gasteiger partial charge is 0.228 e. The minimum absolute atomic E-state index is 0.0529. The van der Waals surface area contributed by atoms with Gasteiger partial charge in [-0.15, -0.1) is 0 Å². The summed E-state index contributed by atoms with van der Waals surface area (Å²) in [6.07, 6.45) is 3.97. The second-order valence-electron chi connectivity index (χ2n) is 7.76. The first-order valence-corrected chi connectivity index (χ1v) is 10.2. The largest absolute Gasteiger partial charge is 0.489 e. The van der Waals surface area contributed by atoms with Gasteiger partial charge in [-0.2, -0.15) is 0 Å². The predicted octanol–water partition coefficient (Wildman–Crippen LogP) is 4.43. The van der Waals surface area contributed by atoms with Crippen molar-refractivity contribution in [3.05, 3.63) is 76.6 Å². The zero-order valence-electron chi connectivity index (χ0n) is 17.1. The highest BCUT2D eigenvalue weighted by Crippen LogP contribution is 2.55. The van der Waals surface area contributed by atoms with Crippen LogP contribution in [0.15, 0.2) is 48.8 Å². The summed E-state index contributed by atoms with van der Waals surface area (Å²) in [5.41, 5.74) is 2.94. The van der Waals surface area contributed by atoms with Crippen molar-refractivity contribution in [2.75, 3.05) is 11.9 Å². The summed E-state index contributed by atoms with van der Waals surface area (Å²) < 4.78 is 6.10. The van der Waals surface area contributed by atoms with Crippen LogP contribution < -0.4 is 10.1 Å². The van der Waals surface area contributed by atoms with Gasteiger partial charge in [0.2, 0.25) is 5.91 Å². The summed E-state index contributed by atoms with van der Waals surface area (Å²) in [5.74, 6) is 1.08. The number of carbonyl (C=O) groups excluding carboxylic acids is 1. The third-order valence-corrected chi connectivity index (χ3v) is 5.96. The summed E-state index contributed by atoms with van der Waals surface area (Å²) in [6.45, 7) is 5.97. The van der Waals surface area contributed by atoms with Gasteiger partial charge in [-0.3, -0.25) is 4.79 Å². The van der Waals surface area contributed by atoms with Crippen LogP contribution in [0.4, 0.5) is 5.69 Å². The molecule has 4 rings (SSSR count). The van der Waals surface area contributed by atoms with E-state index in [1.165, 1.54) is 0 Å². The van der Waals surface area contributed by atoms with Crippen LogP contribution in [0, 0.1) is 26.7 Å². The number of aromatic nitrogens is 3. The van der Waals surface area contributed by atoms with Gasteiger partial charge in [-0.25, -0.2) is 15.0 Å². The minimum Gasteiger partial charge on any atom is -0.489 e. The summed E-state index contributed by atoms with van der Waals surface area (Å²) in [5, 5.41) is 3.41. The minimum atomic E-state index is -0.391. The molecule has 154 valence electrons. The van der Waals surface area contributed by atoms with Crippen molar-refractivity contribution in [1.29, 1.82) is 0 Å². The normalized spacial score (nSPS) is 19.9. The fourth-order valence-corrected chi connectivity index (χ4v) is 3.86. The molecule has 3 aromatic rings. The van der Waals surface area contributed by atoms with Gasteiger partial charge in [-0.05, 0) is 44.4 Å². The molecule has 2 aromatic heterocycles. The van der Waals surface area contributed by atoms with E-state index in [0.29, 0.717) is 35.4 Å². The Morgan fingerprint density at radius 1 is 1.20 bits per heavy atom. The van der Waals surface area contributed by atoms with Crippen molar-refractivity contribution in [1.82, 2.24) is 15.0 Å². The van der Waals surface area contributed by atoms with E-state index in [0.717, 1.165) is 16.8 Å². The zero-order valence-corrected chi connectivity index (χ0v) is 17.9. The Labute approximate surface area is 180 Å². The lowest BCUT2D eigenvalue weighted by Gasteiger charge is -2.19. The summed E-state index contributed by atoms with van der Waals surface area (Å²) in [7, 11) is 0. The van der Waals surface area contributed by atoms with Crippen LogP contribution in [0.2, 0.25) is 5.15 Å². The van der Waals surface area contributed by atoms with Crippen LogP contribution in [0.25, 0.3) is 0 Å². The Kier molecular flexibility index (Phi) is 5.43. The molecule has 2 atom stereocenters. The van der Waals surface area contributed by atoms with Crippen LogP contribution in [-0.4, -0.2) is 27.5 Å². The van der Waals surface area contributed by atoms with Crippen LogP contribution >= 0.6 is 11.6 Å². The summed E-state index contributed by atoms with van der Waals surface area (Å²) >= 11 is 5.99. The lowest BCUT2D eigenvalue weighted by Crippen LogP contribution is -2.26. The number of carbonyl (C=O) groups is 1. The molecule has 30 heavy (non-hydrogen) atoms. The molecule has 1 amide bonds. The summed E-state index contributed by atoms with van der Waals surface area (Å²) in [4.78, 5) is 25.7. The zero-order chi connectivity index (χ0) is 21.3. The van der Waals surface area contributed by atoms with Crippen LogP contribution in [0.1, 0.15) is 29.1 Å². The van der Waals surface area contributed by atoms with Gasteiger partial charge in [0.05, 0.1) is 36.3 Å². The van der Waals surface area contributed by atoms with Crippen LogP contribution in [0.5, 0.6) is 5.75 Å². The molecular formula is C23H23ClN4O2. The maximum absolute atomic E-state index is 13.0. The molecule has 0 unspecified atom stereocenters. The number of hydrogen-bond acceptors (Lipinski definition) is 5. The third-order valence-electron chi connectivity index (χ3n) is 5.56. The maximum Gasteiger partial charge on any atom is 0.228 e. The van der Waals surface area contributed by atoms with Crippen molar-refractivity contribution in [3.8, 4) is 5.75 Å². The number of benzene rings is 1. The monoisotopic (exact) mass is 422 g/mol. The van der Waals surface area contributed by atoms with Crippen molar-refractivity contribution >= 4 is 23.2 Å². The van der Waals surface area contributed by atoms with E-state index in [4.69, 9.17) is 16.3 Å². The topological polar surface area (TPSA) is 77.0 Å². The van der Waals surface area contributed by atoms with Gasteiger partial charge in [0.1, 0.15) is 11.0 Å². The number of halogens is 1. The van der Waals surface area contributed by atoms with Gasteiger partial charge in [0, 0.05) is 5.41 Å². The van der Waals surface area contributed by atoms with Gasteiger partial charge >= 0.3 is 0 Å². The number of nitrogens with zero attached hydrogens (tertiary/aromatic N) is 3. The van der Waals surface area contributed by atoms with E-state index in [2.05, 4.69) is 20.3 Å². The highest BCUT2D eigenvalue weighted by atomic mass is 35.5. The second kappa shape index (κ2) is 8.03. The Balaban J connectivity index is 1.54. The molecule has 0 radical (unpaired) electrons. The number of pyridine rings is 1. The van der Waals surface area contributed by atoms with Crippen LogP contribution in [-0.2, 0) is 10.2 Å². The van der Waals surface area contributed by atoms with Crippen molar-refractivity contribution < 1.29 is 9.53 Å². The Hall–Kier alpha value is -2.99. The first kappa shape index (κ1) is 20.3. The number of aryl methyl sites for hydroxylation is 3. The van der Waals surface area contributed by atoms with Crippen molar-refractivity contribution in [3.63, 3.8) is 0 Å². The van der Waals surface area contributed by atoms with E-state index in [1.54, 1.807) is 12.4 Å². The Morgan fingerprint density at radius 3 is 2.67 bits per heavy atom. The molecule has 1 aromatic carbocycles. The van der Waals surface area contributed by atoms with Gasteiger partial charge in [0.25, 0.3) is 0 Å². The molecule has 0 saturated heterocycles. The number of anilines is 1. The first-order chi connectivity index (χ1) is 14.4. The quantitative estimate of drug-likeness (QED) is 0.595.